The second kappa shape index (κ2) is 9.40. The fourth-order valence-electron chi connectivity index (χ4n) is 4.69. The van der Waals surface area contributed by atoms with E-state index in [1.54, 1.807) is 17.2 Å². The minimum Gasteiger partial charge on any atom is -0.476 e. The van der Waals surface area contributed by atoms with Crippen molar-refractivity contribution in [1.29, 1.82) is 0 Å². The summed E-state index contributed by atoms with van der Waals surface area (Å²) in [5.74, 6) is -0.0470. The highest BCUT2D eigenvalue weighted by Gasteiger charge is 2.36. The Balaban J connectivity index is 1.29. The number of nitrogens with one attached hydrogen (secondary N) is 1. The van der Waals surface area contributed by atoms with E-state index < -0.39 is 15.7 Å². The van der Waals surface area contributed by atoms with Crippen LogP contribution < -0.4 is 10.2 Å². The van der Waals surface area contributed by atoms with Crippen LogP contribution in [0.2, 0.25) is 0 Å². The third-order valence-electron chi connectivity index (χ3n) is 6.53. The van der Waals surface area contributed by atoms with Gasteiger partial charge >= 0.3 is 6.09 Å². The second-order valence-electron chi connectivity index (χ2n) is 9.35. The monoisotopic (exact) mass is 481 g/mol. The average Bonchev–Trinajstić information content (AvgIpc) is 3.42. The SMILES string of the molecule is CC(C)OC(=O)N1CCC(C2NC([C@H]3CCN(c4ccc(S(C)(=O)=O)cc4F)C3)=CO2)CC1. The molecule has 1 aromatic carbocycles. The van der Waals surface area contributed by atoms with Gasteiger partial charge in [-0.25, -0.2) is 17.6 Å². The number of likely N-dealkylation sites (tertiary alicyclic amines) is 1. The van der Waals surface area contributed by atoms with Crippen molar-refractivity contribution in [1.82, 2.24) is 10.2 Å². The molecule has 1 amide bonds. The summed E-state index contributed by atoms with van der Waals surface area (Å²) < 4.78 is 49.1. The molecule has 4 rings (SSSR count). The average molecular weight is 482 g/mol. The lowest BCUT2D eigenvalue weighted by atomic mass is 9.95. The van der Waals surface area contributed by atoms with E-state index in [2.05, 4.69) is 5.32 Å². The van der Waals surface area contributed by atoms with Crippen LogP contribution in [0.3, 0.4) is 0 Å². The van der Waals surface area contributed by atoms with Gasteiger partial charge in [0, 0.05) is 44.3 Å². The molecule has 8 nitrogen and oxygen atoms in total. The molecule has 2 fully saturated rings. The zero-order chi connectivity index (χ0) is 23.8. The van der Waals surface area contributed by atoms with Gasteiger partial charge in [0.2, 0.25) is 0 Å². The summed E-state index contributed by atoms with van der Waals surface area (Å²) in [6.45, 7) is 6.29. The molecule has 3 heterocycles. The molecule has 2 atom stereocenters. The van der Waals surface area contributed by atoms with Gasteiger partial charge in [0.1, 0.15) is 12.1 Å². The molecule has 0 bridgehead atoms. The van der Waals surface area contributed by atoms with Gasteiger partial charge in [-0.3, -0.25) is 0 Å². The highest BCUT2D eigenvalue weighted by molar-refractivity contribution is 7.90. The number of anilines is 1. The predicted molar refractivity (Wildman–Crippen MR) is 122 cm³/mol. The lowest BCUT2D eigenvalue weighted by Crippen LogP contribution is -2.45. The number of carbonyl (C=O) groups is 1. The maximum atomic E-state index is 14.6. The maximum absolute atomic E-state index is 14.6. The number of carbonyl (C=O) groups excluding carboxylic acids is 1. The Morgan fingerprint density at radius 2 is 1.94 bits per heavy atom. The molecular formula is C23H32FN3O5S. The zero-order valence-electron chi connectivity index (χ0n) is 19.3. The van der Waals surface area contributed by atoms with E-state index in [0.717, 1.165) is 37.3 Å². The van der Waals surface area contributed by atoms with Crippen LogP contribution in [0.25, 0.3) is 0 Å². The lowest BCUT2D eigenvalue weighted by molar-refractivity contribution is 0.0323. The van der Waals surface area contributed by atoms with Crippen LogP contribution >= 0.6 is 0 Å². The van der Waals surface area contributed by atoms with Crippen LogP contribution in [0, 0.1) is 17.7 Å². The highest BCUT2D eigenvalue weighted by atomic mass is 32.2. The fourth-order valence-corrected chi connectivity index (χ4v) is 5.32. The van der Waals surface area contributed by atoms with E-state index in [9.17, 15) is 17.6 Å². The fraction of sp³-hybridized carbons (Fsp3) is 0.609. The third-order valence-corrected chi connectivity index (χ3v) is 7.64. The predicted octanol–water partition coefficient (Wildman–Crippen LogP) is 3.10. The van der Waals surface area contributed by atoms with Crippen LogP contribution in [0.4, 0.5) is 14.9 Å². The first-order valence-corrected chi connectivity index (χ1v) is 13.3. The third kappa shape index (κ3) is 5.37. The van der Waals surface area contributed by atoms with Crippen LogP contribution in [-0.2, 0) is 19.3 Å². The van der Waals surface area contributed by atoms with Crippen molar-refractivity contribution in [3.05, 3.63) is 36.0 Å². The van der Waals surface area contributed by atoms with E-state index in [0.29, 0.717) is 37.8 Å². The molecule has 0 radical (unpaired) electrons. The number of halogens is 1. The number of hydrogen-bond acceptors (Lipinski definition) is 7. The molecule has 33 heavy (non-hydrogen) atoms. The molecule has 0 aliphatic carbocycles. The quantitative estimate of drug-likeness (QED) is 0.691. The second-order valence-corrected chi connectivity index (χ2v) is 11.4. The number of benzene rings is 1. The van der Waals surface area contributed by atoms with E-state index >= 15 is 0 Å². The minimum atomic E-state index is -3.44. The number of nitrogens with zero attached hydrogens (tertiary/aromatic N) is 2. The van der Waals surface area contributed by atoms with Crippen molar-refractivity contribution in [3.8, 4) is 0 Å². The Kier molecular flexibility index (Phi) is 6.74. The molecule has 10 heteroatoms. The first-order valence-electron chi connectivity index (χ1n) is 11.4. The standard InChI is InChI=1S/C23H32FN3O5S/c1-15(2)32-23(28)26-9-6-16(7-10-26)22-25-20(14-31-22)17-8-11-27(13-17)21-5-4-18(12-19(21)24)33(3,29)30/h4-5,12,14-17,22,25H,6-11,13H2,1-3H3/t17-,22?/m0/s1. The molecule has 3 aliphatic heterocycles. The molecule has 2 saturated heterocycles. The number of hydrogen-bond donors (Lipinski definition) is 1. The van der Waals surface area contributed by atoms with Crippen LogP contribution in [0.15, 0.2) is 35.1 Å². The van der Waals surface area contributed by atoms with Crippen LogP contribution in [-0.4, -0.2) is 64.2 Å². The smallest absolute Gasteiger partial charge is 0.410 e. The van der Waals surface area contributed by atoms with Gasteiger partial charge in [0.25, 0.3) is 0 Å². The maximum Gasteiger partial charge on any atom is 0.410 e. The molecule has 0 spiro atoms. The molecule has 1 aromatic rings. The summed E-state index contributed by atoms with van der Waals surface area (Å²) in [5.41, 5.74) is 1.43. The Morgan fingerprint density at radius 3 is 2.58 bits per heavy atom. The summed E-state index contributed by atoms with van der Waals surface area (Å²) in [4.78, 5) is 15.8. The Morgan fingerprint density at radius 1 is 1.21 bits per heavy atom. The minimum absolute atomic E-state index is 0.0144. The van der Waals surface area contributed by atoms with Gasteiger partial charge in [-0.15, -0.1) is 0 Å². The zero-order valence-corrected chi connectivity index (χ0v) is 20.1. The van der Waals surface area contributed by atoms with Crippen molar-refractivity contribution in [2.75, 3.05) is 37.3 Å². The summed E-state index contributed by atoms with van der Waals surface area (Å²) in [6, 6.07) is 4.09. The summed E-state index contributed by atoms with van der Waals surface area (Å²) in [7, 11) is -3.44. The first kappa shape index (κ1) is 23.7. The van der Waals surface area contributed by atoms with E-state index in [1.807, 2.05) is 18.7 Å². The van der Waals surface area contributed by atoms with E-state index in [4.69, 9.17) is 9.47 Å². The van der Waals surface area contributed by atoms with Gasteiger partial charge in [0.05, 0.1) is 22.4 Å². The van der Waals surface area contributed by atoms with Gasteiger partial charge in [-0.1, -0.05) is 0 Å². The Hall–Kier alpha value is -2.49. The summed E-state index contributed by atoms with van der Waals surface area (Å²) >= 11 is 0. The van der Waals surface area contributed by atoms with Crippen molar-refractivity contribution in [2.45, 2.75) is 50.3 Å². The van der Waals surface area contributed by atoms with Gasteiger partial charge in [-0.2, -0.15) is 0 Å². The Bertz CT molecular complexity index is 1020. The molecular weight excluding hydrogens is 449 g/mol. The molecule has 0 aromatic heterocycles. The first-order chi connectivity index (χ1) is 15.6. The van der Waals surface area contributed by atoms with Gasteiger partial charge in [-0.05, 0) is 51.3 Å². The summed E-state index contributed by atoms with van der Waals surface area (Å²) in [5, 5.41) is 3.50. The van der Waals surface area contributed by atoms with E-state index in [-0.39, 0.29) is 29.2 Å². The van der Waals surface area contributed by atoms with E-state index in [1.165, 1.54) is 6.07 Å². The largest absolute Gasteiger partial charge is 0.476 e. The number of piperidine rings is 1. The van der Waals surface area contributed by atoms with Crippen molar-refractivity contribution in [3.63, 3.8) is 0 Å². The number of ether oxygens (including phenoxy) is 2. The van der Waals surface area contributed by atoms with Crippen LogP contribution in [0.1, 0.15) is 33.1 Å². The van der Waals surface area contributed by atoms with Crippen molar-refractivity contribution < 1.29 is 27.1 Å². The number of amides is 1. The van der Waals surface area contributed by atoms with Gasteiger partial charge in [0.15, 0.2) is 16.1 Å². The van der Waals surface area contributed by atoms with Gasteiger partial charge < -0.3 is 24.6 Å². The molecule has 1 unspecified atom stereocenters. The molecule has 1 N–H and O–H groups in total. The Labute approximate surface area is 194 Å². The summed E-state index contributed by atoms with van der Waals surface area (Å²) in [6.07, 6.45) is 4.86. The highest BCUT2D eigenvalue weighted by Crippen LogP contribution is 2.33. The lowest BCUT2D eigenvalue weighted by Gasteiger charge is -2.34. The number of sulfone groups is 1. The molecule has 182 valence electrons. The normalized spacial score (nSPS) is 24.0. The molecule has 3 aliphatic rings. The van der Waals surface area contributed by atoms with Crippen molar-refractivity contribution in [2.24, 2.45) is 11.8 Å². The van der Waals surface area contributed by atoms with Crippen LogP contribution in [0.5, 0.6) is 0 Å². The molecule has 0 saturated carbocycles. The number of rotatable bonds is 5. The van der Waals surface area contributed by atoms with Crippen molar-refractivity contribution >= 4 is 21.6 Å². The topological polar surface area (TPSA) is 88.2 Å².